The number of fused-ring (bicyclic) bond motifs is 1. The van der Waals surface area contributed by atoms with Crippen LogP contribution in [0.15, 0.2) is 53.3 Å². The van der Waals surface area contributed by atoms with Crippen LogP contribution in [-0.4, -0.2) is 14.6 Å². The number of benzene rings is 1. The van der Waals surface area contributed by atoms with Crippen LogP contribution in [0.2, 0.25) is 0 Å². The quantitative estimate of drug-likeness (QED) is 0.665. The zero-order chi connectivity index (χ0) is 11.0. The number of pyridine rings is 1. The molecule has 0 aliphatic carbocycles. The van der Waals surface area contributed by atoms with Crippen LogP contribution >= 0.6 is 0 Å². The molecule has 0 aliphatic rings. The molecular weight excluding hydrogens is 202 g/mol. The number of aromatic amines is 1. The number of nitrogens with zero attached hydrogens (tertiary/aromatic N) is 2. The maximum absolute atomic E-state index is 11.6. The summed E-state index contributed by atoms with van der Waals surface area (Å²) in [7, 11) is 0. The highest BCUT2D eigenvalue weighted by molar-refractivity contribution is 5.62. The van der Waals surface area contributed by atoms with E-state index in [-0.39, 0.29) is 5.69 Å². The van der Waals surface area contributed by atoms with Gasteiger partial charge >= 0.3 is 5.69 Å². The van der Waals surface area contributed by atoms with Gasteiger partial charge in [-0.1, -0.05) is 36.4 Å². The summed E-state index contributed by atoms with van der Waals surface area (Å²) in [6.07, 6.45) is 0. The average Bonchev–Trinajstić information content (AvgIpc) is 2.73. The molecule has 0 amide bonds. The summed E-state index contributed by atoms with van der Waals surface area (Å²) >= 11 is 0. The lowest BCUT2D eigenvalue weighted by atomic mass is 10.1. The first-order valence-electron chi connectivity index (χ1n) is 4.98. The SMILES string of the molecule is O=c1[nH]nc2cccc(-c3ccccc3)n12. The van der Waals surface area contributed by atoms with E-state index in [9.17, 15) is 4.79 Å². The molecule has 4 nitrogen and oxygen atoms in total. The van der Waals surface area contributed by atoms with Gasteiger partial charge in [0.15, 0.2) is 5.65 Å². The van der Waals surface area contributed by atoms with Gasteiger partial charge < -0.3 is 0 Å². The van der Waals surface area contributed by atoms with Gasteiger partial charge in [-0.15, -0.1) is 0 Å². The molecule has 3 rings (SSSR count). The van der Waals surface area contributed by atoms with E-state index in [0.717, 1.165) is 11.3 Å². The highest BCUT2D eigenvalue weighted by Gasteiger charge is 2.06. The first kappa shape index (κ1) is 8.91. The van der Waals surface area contributed by atoms with Gasteiger partial charge in [-0.25, -0.2) is 14.3 Å². The van der Waals surface area contributed by atoms with Crippen LogP contribution in [0.1, 0.15) is 0 Å². The van der Waals surface area contributed by atoms with E-state index >= 15 is 0 Å². The molecule has 0 atom stereocenters. The Kier molecular flexibility index (Phi) is 1.86. The Bertz CT molecular complexity index is 682. The van der Waals surface area contributed by atoms with Crippen LogP contribution in [0.25, 0.3) is 16.9 Å². The monoisotopic (exact) mass is 211 g/mol. The molecule has 0 saturated heterocycles. The van der Waals surface area contributed by atoms with Gasteiger partial charge in [0, 0.05) is 0 Å². The van der Waals surface area contributed by atoms with E-state index in [0.29, 0.717) is 5.65 Å². The Morgan fingerprint density at radius 1 is 1.00 bits per heavy atom. The highest BCUT2D eigenvalue weighted by Crippen LogP contribution is 2.17. The fraction of sp³-hybridized carbons (Fsp3) is 0. The fourth-order valence-electron chi connectivity index (χ4n) is 1.79. The third-order valence-corrected chi connectivity index (χ3v) is 2.51. The van der Waals surface area contributed by atoms with Crippen molar-refractivity contribution in [1.29, 1.82) is 0 Å². The number of H-pyrrole nitrogens is 1. The van der Waals surface area contributed by atoms with E-state index in [1.807, 2.05) is 42.5 Å². The second-order valence-electron chi connectivity index (χ2n) is 3.50. The molecule has 0 fully saturated rings. The van der Waals surface area contributed by atoms with Crippen LogP contribution < -0.4 is 5.69 Å². The highest BCUT2D eigenvalue weighted by atomic mass is 16.1. The lowest BCUT2D eigenvalue weighted by molar-refractivity contribution is 1.03. The molecule has 3 aromatic rings. The molecular formula is C12H9N3O. The van der Waals surface area contributed by atoms with Crippen LogP contribution in [0, 0.1) is 0 Å². The molecule has 0 aliphatic heterocycles. The van der Waals surface area contributed by atoms with Gasteiger partial charge in [0.05, 0.1) is 5.69 Å². The van der Waals surface area contributed by atoms with Crippen LogP contribution in [0.3, 0.4) is 0 Å². The minimum absolute atomic E-state index is 0.213. The van der Waals surface area contributed by atoms with Crippen LogP contribution in [0.5, 0.6) is 0 Å². The summed E-state index contributed by atoms with van der Waals surface area (Å²) < 4.78 is 1.56. The van der Waals surface area contributed by atoms with Crippen molar-refractivity contribution in [3.63, 3.8) is 0 Å². The average molecular weight is 211 g/mol. The number of nitrogens with one attached hydrogen (secondary N) is 1. The van der Waals surface area contributed by atoms with E-state index in [2.05, 4.69) is 10.2 Å². The maximum atomic E-state index is 11.6. The maximum Gasteiger partial charge on any atom is 0.348 e. The first-order chi connectivity index (χ1) is 7.86. The molecule has 0 spiro atoms. The number of hydrogen-bond acceptors (Lipinski definition) is 2. The summed E-state index contributed by atoms with van der Waals surface area (Å²) in [4.78, 5) is 11.6. The molecule has 1 N–H and O–H groups in total. The van der Waals surface area contributed by atoms with Gasteiger partial charge in [0.1, 0.15) is 0 Å². The van der Waals surface area contributed by atoms with Crippen molar-refractivity contribution in [2.75, 3.05) is 0 Å². The fourth-order valence-corrected chi connectivity index (χ4v) is 1.79. The van der Waals surface area contributed by atoms with Crippen molar-refractivity contribution >= 4 is 5.65 Å². The molecule has 2 aromatic heterocycles. The Morgan fingerprint density at radius 2 is 1.81 bits per heavy atom. The normalized spacial score (nSPS) is 10.8. The summed E-state index contributed by atoms with van der Waals surface area (Å²) in [5.41, 5.74) is 2.26. The molecule has 0 saturated carbocycles. The van der Waals surface area contributed by atoms with Crippen molar-refractivity contribution in [3.8, 4) is 11.3 Å². The first-order valence-corrected chi connectivity index (χ1v) is 4.98. The van der Waals surface area contributed by atoms with E-state index in [4.69, 9.17) is 0 Å². The molecule has 0 unspecified atom stereocenters. The Labute approximate surface area is 91.2 Å². The summed E-state index contributed by atoms with van der Waals surface area (Å²) in [5.74, 6) is 0. The second kappa shape index (κ2) is 3.34. The van der Waals surface area contributed by atoms with Gasteiger partial charge in [-0.3, -0.25) is 0 Å². The van der Waals surface area contributed by atoms with Gasteiger partial charge in [0.25, 0.3) is 0 Å². The predicted octanol–water partition coefficient (Wildman–Crippen LogP) is 1.69. The lowest BCUT2D eigenvalue weighted by Gasteiger charge is -2.03. The molecule has 1 aromatic carbocycles. The van der Waals surface area contributed by atoms with Gasteiger partial charge in [-0.2, -0.15) is 5.10 Å². The van der Waals surface area contributed by atoms with Gasteiger partial charge in [0.2, 0.25) is 0 Å². The standard InChI is InChI=1S/C12H9N3O/c16-12-14-13-11-8-4-7-10(15(11)12)9-5-2-1-3-6-9/h1-8H,(H,14,16). The Hall–Kier alpha value is -2.36. The number of hydrogen-bond donors (Lipinski definition) is 1. The summed E-state index contributed by atoms with van der Waals surface area (Å²) in [5, 5.41) is 6.37. The molecule has 4 heteroatoms. The van der Waals surface area contributed by atoms with Crippen LogP contribution in [-0.2, 0) is 0 Å². The zero-order valence-corrected chi connectivity index (χ0v) is 8.42. The molecule has 0 radical (unpaired) electrons. The van der Waals surface area contributed by atoms with Gasteiger partial charge in [-0.05, 0) is 17.7 Å². The predicted molar refractivity (Wildman–Crippen MR) is 61.2 cm³/mol. The Balaban J connectivity index is 2.40. The summed E-state index contributed by atoms with van der Waals surface area (Å²) in [6, 6.07) is 15.4. The number of rotatable bonds is 1. The Morgan fingerprint density at radius 3 is 2.62 bits per heavy atom. The molecule has 78 valence electrons. The molecule has 2 heterocycles. The molecule has 16 heavy (non-hydrogen) atoms. The van der Waals surface area contributed by atoms with E-state index < -0.39 is 0 Å². The van der Waals surface area contributed by atoms with Crippen molar-refractivity contribution < 1.29 is 0 Å². The van der Waals surface area contributed by atoms with Crippen molar-refractivity contribution in [2.24, 2.45) is 0 Å². The van der Waals surface area contributed by atoms with Crippen molar-refractivity contribution in [1.82, 2.24) is 14.6 Å². The third kappa shape index (κ3) is 1.24. The van der Waals surface area contributed by atoms with Crippen LogP contribution in [0.4, 0.5) is 0 Å². The zero-order valence-electron chi connectivity index (χ0n) is 8.42. The lowest BCUT2D eigenvalue weighted by Crippen LogP contribution is -2.11. The topological polar surface area (TPSA) is 50.2 Å². The second-order valence-corrected chi connectivity index (χ2v) is 3.50. The summed E-state index contributed by atoms with van der Waals surface area (Å²) in [6.45, 7) is 0. The van der Waals surface area contributed by atoms with E-state index in [1.54, 1.807) is 10.5 Å². The molecule has 0 bridgehead atoms. The smallest absolute Gasteiger partial charge is 0.246 e. The van der Waals surface area contributed by atoms with Crippen molar-refractivity contribution in [2.45, 2.75) is 0 Å². The third-order valence-electron chi connectivity index (χ3n) is 2.51. The minimum atomic E-state index is -0.213. The largest absolute Gasteiger partial charge is 0.348 e. The number of aromatic nitrogens is 3. The van der Waals surface area contributed by atoms with E-state index in [1.165, 1.54) is 0 Å². The van der Waals surface area contributed by atoms with Crippen molar-refractivity contribution in [3.05, 3.63) is 59.0 Å². The minimum Gasteiger partial charge on any atom is -0.246 e.